The summed E-state index contributed by atoms with van der Waals surface area (Å²) in [6.45, 7) is 10.1. The van der Waals surface area contributed by atoms with Crippen LogP contribution in [0.1, 0.15) is 67.7 Å². The molecule has 0 radical (unpaired) electrons. The zero-order valence-corrected chi connectivity index (χ0v) is 14.5. The maximum atomic E-state index is 3.72. The van der Waals surface area contributed by atoms with Gasteiger partial charge in [0.15, 0.2) is 0 Å². The molecule has 21 heavy (non-hydrogen) atoms. The maximum absolute atomic E-state index is 3.72. The SMILES string of the molecule is CCNC(CCC1CCCC1)Cc1c(C)cc(C)cc1C. The summed E-state index contributed by atoms with van der Waals surface area (Å²) in [6, 6.07) is 5.32. The minimum absolute atomic E-state index is 0.649. The minimum Gasteiger partial charge on any atom is -0.314 e. The maximum Gasteiger partial charge on any atom is 0.0108 e. The predicted molar refractivity (Wildman–Crippen MR) is 93.0 cm³/mol. The lowest BCUT2D eigenvalue weighted by molar-refractivity contribution is 0.407. The van der Waals surface area contributed by atoms with Crippen molar-refractivity contribution in [2.45, 2.75) is 78.7 Å². The lowest BCUT2D eigenvalue weighted by Crippen LogP contribution is -2.32. The second-order valence-electron chi connectivity index (χ2n) is 7.06. The van der Waals surface area contributed by atoms with Crippen molar-refractivity contribution in [1.82, 2.24) is 5.32 Å². The Kier molecular flexibility index (Phi) is 6.29. The molecule has 1 aliphatic carbocycles. The van der Waals surface area contributed by atoms with Crippen LogP contribution in [0.25, 0.3) is 0 Å². The largest absolute Gasteiger partial charge is 0.314 e. The highest BCUT2D eigenvalue weighted by molar-refractivity contribution is 5.38. The highest BCUT2D eigenvalue weighted by Gasteiger charge is 2.18. The first-order valence-electron chi connectivity index (χ1n) is 8.90. The van der Waals surface area contributed by atoms with Gasteiger partial charge in [-0.05, 0) is 69.2 Å². The van der Waals surface area contributed by atoms with Crippen LogP contribution in [0.4, 0.5) is 0 Å². The van der Waals surface area contributed by atoms with Gasteiger partial charge in [-0.3, -0.25) is 0 Å². The first-order valence-corrected chi connectivity index (χ1v) is 8.90. The molecule has 1 unspecified atom stereocenters. The second-order valence-corrected chi connectivity index (χ2v) is 7.06. The van der Waals surface area contributed by atoms with Gasteiger partial charge < -0.3 is 5.32 Å². The molecule has 1 nitrogen and oxygen atoms in total. The molecule has 0 spiro atoms. The van der Waals surface area contributed by atoms with Gasteiger partial charge in [-0.1, -0.05) is 50.3 Å². The van der Waals surface area contributed by atoms with Gasteiger partial charge in [0.2, 0.25) is 0 Å². The number of nitrogens with one attached hydrogen (secondary N) is 1. The molecule has 0 bridgehead atoms. The van der Waals surface area contributed by atoms with E-state index in [1.54, 1.807) is 5.56 Å². The van der Waals surface area contributed by atoms with Gasteiger partial charge in [-0.25, -0.2) is 0 Å². The van der Waals surface area contributed by atoms with E-state index in [4.69, 9.17) is 0 Å². The molecule has 0 amide bonds. The zero-order valence-electron chi connectivity index (χ0n) is 14.5. The van der Waals surface area contributed by atoms with Crippen LogP contribution in [0.3, 0.4) is 0 Å². The molecule has 0 saturated heterocycles. The lowest BCUT2D eigenvalue weighted by Gasteiger charge is -2.22. The Labute approximate surface area is 131 Å². The molecule has 1 N–H and O–H groups in total. The highest BCUT2D eigenvalue weighted by Crippen LogP contribution is 2.29. The molecule has 0 heterocycles. The molecule has 1 aromatic rings. The molecule has 1 fully saturated rings. The first-order chi connectivity index (χ1) is 10.1. The van der Waals surface area contributed by atoms with E-state index in [1.807, 2.05) is 0 Å². The Morgan fingerprint density at radius 1 is 1.10 bits per heavy atom. The van der Waals surface area contributed by atoms with Crippen molar-refractivity contribution in [2.75, 3.05) is 6.54 Å². The Bertz CT molecular complexity index is 420. The molecule has 1 heteroatoms. The van der Waals surface area contributed by atoms with E-state index in [0.29, 0.717) is 6.04 Å². The highest BCUT2D eigenvalue weighted by atomic mass is 14.9. The van der Waals surface area contributed by atoms with Crippen molar-refractivity contribution in [3.63, 3.8) is 0 Å². The van der Waals surface area contributed by atoms with E-state index < -0.39 is 0 Å². The fourth-order valence-electron chi connectivity index (χ4n) is 4.08. The van der Waals surface area contributed by atoms with Gasteiger partial charge in [-0.15, -0.1) is 0 Å². The summed E-state index contributed by atoms with van der Waals surface area (Å²) < 4.78 is 0. The van der Waals surface area contributed by atoms with Gasteiger partial charge in [0.25, 0.3) is 0 Å². The number of aryl methyl sites for hydroxylation is 3. The topological polar surface area (TPSA) is 12.0 Å². The Hall–Kier alpha value is -0.820. The van der Waals surface area contributed by atoms with E-state index in [2.05, 4.69) is 45.1 Å². The van der Waals surface area contributed by atoms with Gasteiger partial charge in [0.1, 0.15) is 0 Å². The Balaban J connectivity index is 1.98. The number of hydrogen-bond donors (Lipinski definition) is 1. The average Bonchev–Trinajstić information content (AvgIpc) is 2.93. The fourth-order valence-corrected chi connectivity index (χ4v) is 4.08. The van der Waals surface area contributed by atoms with Crippen molar-refractivity contribution in [2.24, 2.45) is 5.92 Å². The average molecular weight is 287 g/mol. The summed E-state index contributed by atoms with van der Waals surface area (Å²) in [6.07, 6.45) is 9.83. The van der Waals surface area contributed by atoms with Gasteiger partial charge >= 0.3 is 0 Å². The van der Waals surface area contributed by atoms with Crippen molar-refractivity contribution in [1.29, 1.82) is 0 Å². The van der Waals surface area contributed by atoms with Crippen LogP contribution in [-0.4, -0.2) is 12.6 Å². The number of hydrogen-bond acceptors (Lipinski definition) is 1. The van der Waals surface area contributed by atoms with E-state index in [-0.39, 0.29) is 0 Å². The fraction of sp³-hybridized carbons (Fsp3) is 0.700. The van der Waals surface area contributed by atoms with Crippen LogP contribution in [0.15, 0.2) is 12.1 Å². The third kappa shape index (κ3) is 4.85. The van der Waals surface area contributed by atoms with Crippen LogP contribution < -0.4 is 5.32 Å². The molecule has 118 valence electrons. The molecule has 0 aromatic heterocycles. The molecule has 1 saturated carbocycles. The zero-order chi connectivity index (χ0) is 15.2. The van der Waals surface area contributed by atoms with Crippen LogP contribution in [0.2, 0.25) is 0 Å². The molecule has 0 aliphatic heterocycles. The van der Waals surface area contributed by atoms with Gasteiger partial charge in [0.05, 0.1) is 0 Å². The summed E-state index contributed by atoms with van der Waals surface area (Å²) in [5.74, 6) is 1.01. The monoisotopic (exact) mass is 287 g/mol. The molecule has 1 atom stereocenters. The van der Waals surface area contributed by atoms with Crippen molar-refractivity contribution in [3.8, 4) is 0 Å². The summed E-state index contributed by atoms with van der Waals surface area (Å²) in [5, 5.41) is 3.72. The quantitative estimate of drug-likeness (QED) is 0.735. The smallest absolute Gasteiger partial charge is 0.0108 e. The van der Waals surface area contributed by atoms with Crippen LogP contribution in [-0.2, 0) is 6.42 Å². The molecule has 1 aliphatic rings. The minimum atomic E-state index is 0.649. The molecule has 2 rings (SSSR count). The normalized spacial score (nSPS) is 17.3. The molecular weight excluding hydrogens is 254 g/mol. The third-order valence-corrected chi connectivity index (χ3v) is 5.18. The van der Waals surface area contributed by atoms with Crippen LogP contribution in [0, 0.1) is 26.7 Å². The lowest BCUT2D eigenvalue weighted by atomic mass is 9.90. The first kappa shape index (κ1) is 16.5. The second kappa shape index (κ2) is 7.98. The molecule has 1 aromatic carbocycles. The van der Waals surface area contributed by atoms with Crippen molar-refractivity contribution >= 4 is 0 Å². The van der Waals surface area contributed by atoms with Crippen LogP contribution in [0.5, 0.6) is 0 Å². The number of rotatable bonds is 7. The van der Waals surface area contributed by atoms with Crippen molar-refractivity contribution in [3.05, 3.63) is 34.4 Å². The Morgan fingerprint density at radius 2 is 1.71 bits per heavy atom. The number of benzene rings is 1. The summed E-state index contributed by atoms with van der Waals surface area (Å²) in [7, 11) is 0. The van der Waals surface area contributed by atoms with Gasteiger partial charge in [0, 0.05) is 6.04 Å². The third-order valence-electron chi connectivity index (χ3n) is 5.18. The summed E-state index contributed by atoms with van der Waals surface area (Å²) in [5.41, 5.74) is 5.89. The number of likely N-dealkylation sites (N-methyl/N-ethyl adjacent to an activating group) is 1. The standard InChI is InChI=1S/C20H33N/c1-5-21-19(11-10-18-8-6-7-9-18)14-20-16(3)12-15(2)13-17(20)4/h12-13,18-19,21H,5-11,14H2,1-4H3. The van der Waals surface area contributed by atoms with E-state index in [0.717, 1.165) is 12.5 Å². The van der Waals surface area contributed by atoms with E-state index >= 15 is 0 Å². The predicted octanol–water partition coefficient (Wildman–Crippen LogP) is 5.10. The Morgan fingerprint density at radius 3 is 2.29 bits per heavy atom. The van der Waals surface area contributed by atoms with Gasteiger partial charge in [-0.2, -0.15) is 0 Å². The molecular formula is C20H33N. The van der Waals surface area contributed by atoms with E-state index in [1.165, 1.54) is 61.6 Å². The van der Waals surface area contributed by atoms with Crippen molar-refractivity contribution < 1.29 is 0 Å². The van der Waals surface area contributed by atoms with Crippen LogP contribution >= 0.6 is 0 Å². The van der Waals surface area contributed by atoms with E-state index in [9.17, 15) is 0 Å². The summed E-state index contributed by atoms with van der Waals surface area (Å²) >= 11 is 0. The summed E-state index contributed by atoms with van der Waals surface area (Å²) in [4.78, 5) is 0.